The van der Waals surface area contributed by atoms with Crippen LogP contribution < -0.4 is 5.32 Å². The van der Waals surface area contributed by atoms with E-state index < -0.39 is 0 Å². The average molecular weight is 250 g/mol. The van der Waals surface area contributed by atoms with Crippen molar-refractivity contribution in [3.8, 4) is 0 Å². The van der Waals surface area contributed by atoms with Gasteiger partial charge in [0.2, 0.25) is 0 Å². The lowest BCUT2D eigenvalue weighted by molar-refractivity contribution is 0.185. The fourth-order valence-corrected chi connectivity index (χ4v) is 2.69. The van der Waals surface area contributed by atoms with Crippen LogP contribution in [-0.2, 0) is 11.3 Å². The van der Waals surface area contributed by atoms with Gasteiger partial charge in [-0.1, -0.05) is 36.9 Å². The predicted molar refractivity (Wildman–Crippen MR) is 74.7 cm³/mol. The molecule has 0 fully saturated rings. The molecule has 1 aliphatic heterocycles. The van der Waals surface area contributed by atoms with Crippen LogP contribution in [0.3, 0.4) is 0 Å². The van der Waals surface area contributed by atoms with E-state index in [0.717, 1.165) is 17.4 Å². The van der Waals surface area contributed by atoms with E-state index in [1.807, 2.05) is 23.9 Å². The standard InChI is InChI=1S/C13H18N2OS/c1-3-11-8-14-13(17-11)15-12-7-5-4-6-10(12)9-16-2/h4-7,11H,3,8-9H2,1-2H3,(H,14,15). The molecule has 0 aromatic heterocycles. The number of benzene rings is 1. The molecule has 1 aromatic carbocycles. The Bertz CT molecular complexity index is 406. The third-order valence-electron chi connectivity index (χ3n) is 2.73. The zero-order chi connectivity index (χ0) is 12.1. The molecule has 0 amide bonds. The Morgan fingerprint density at radius 3 is 3.00 bits per heavy atom. The summed E-state index contributed by atoms with van der Waals surface area (Å²) in [6.45, 7) is 3.75. The predicted octanol–water partition coefficient (Wildman–Crippen LogP) is 3.13. The Labute approximate surface area is 107 Å². The highest BCUT2D eigenvalue weighted by Gasteiger charge is 2.18. The molecule has 3 nitrogen and oxygen atoms in total. The van der Waals surface area contributed by atoms with Crippen LogP contribution >= 0.6 is 11.8 Å². The maximum atomic E-state index is 5.19. The molecular weight excluding hydrogens is 232 g/mol. The van der Waals surface area contributed by atoms with Crippen LogP contribution in [0.4, 0.5) is 5.69 Å². The Kier molecular flexibility index (Phi) is 4.45. The van der Waals surface area contributed by atoms with Crippen molar-refractivity contribution in [2.75, 3.05) is 19.0 Å². The SMILES string of the molecule is CCC1CN=C(Nc2ccccc2COC)S1. The quantitative estimate of drug-likeness (QED) is 0.891. The summed E-state index contributed by atoms with van der Waals surface area (Å²) in [5.74, 6) is 0. The van der Waals surface area contributed by atoms with Gasteiger partial charge >= 0.3 is 0 Å². The molecule has 1 aromatic rings. The van der Waals surface area contributed by atoms with Gasteiger partial charge in [0.05, 0.1) is 13.2 Å². The number of rotatable bonds is 4. The van der Waals surface area contributed by atoms with Crippen molar-refractivity contribution in [3.05, 3.63) is 29.8 Å². The first-order valence-corrected chi connectivity index (χ1v) is 6.76. The smallest absolute Gasteiger partial charge is 0.161 e. The summed E-state index contributed by atoms with van der Waals surface area (Å²) in [4.78, 5) is 4.51. The first-order chi connectivity index (χ1) is 8.33. The van der Waals surface area contributed by atoms with Crippen LogP contribution in [0.1, 0.15) is 18.9 Å². The van der Waals surface area contributed by atoms with Gasteiger partial charge in [-0.3, -0.25) is 4.99 Å². The Morgan fingerprint density at radius 1 is 1.47 bits per heavy atom. The van der Waals surface area contributed by atoms with Crippen LogP contribution in [0.2, 0.25) is 0 Å². The van der Waals surface area contributed by atoms with Gasteiger partial charge in [0.15, 0.2) is 5.17 Å². The molecule has 1 atom stereocenters. The lowest BCUT2D eigenvalue weighted by Gasteiger charge is -2.11. The van der Waals surface area contributed by atoms with Crippen molar-refractivity contribution in [3.63, 3.8) is 0 Å². The summed E-state index contributed by atoms with van der Waals surface area (Å²) >= 11 is 1.83. The summed E-state index contributed by atoms with van der Waals surface area (Å²) in [5, 5.41) is 5.05. The lowest BCUT2D eigenvalue weighted by Crippen LogP contribution is -2.09. The molecule has 0 saturated heterocycles. The van der Waals surface area contributed by atoms with Crippen LogP contribution in [0, 0.1) is 0 Å². The third kappa shape index (κ3) is 3.23. The summed E-state index contributed by atoms with van der Waals surface area (Å²) in [6, 6.07) is 8.19. The Hall–Kier alpha value is -1.00. The molecule has 0 spiro atoms. The minimum Gasteiger partial charge on any atom is -0.380 e. The normalized spacial score (nSPS) is 19.2. The van der Waals surface area contributed by atoms with Crippen molar-refractivity contribution in [2.24, 2.45) is 4.99 Å². The Balaban J connectivity index is 2.04. The van der Waals surface area contributed by atoms with E-state index in [1.165, 1.54) is 12.0 Å². The molecule has 2 rings (SSSR count). The zero-order valence-electron chi connectivity index (χ0n) is 10.3. The van der Waals surface area contributed by atoms with E-state index in [2.05, 4.69) is 29.4 Å². The summed E-state index contributed by atoms with van der Waals surface area (Å²) in [7, 11) is 1.71. The van der Waals surface area contributed by atoms with Crippen LogP contribution in [0.15, 0.2) is 29.3 Å². The van der Waals surface area contributed by atoms with Gasteiger partial charge < -0.3 is 10.1 Å². The number of nitrogens with one attached hydrogen (secondary N) is 1. The largest absolute Gasteiger partial charge is 0.380 e. The van der Waals surface area contributed by atoms with Crippen molar-refractivity contribution in [1.29, 1.82) is 0 Å². The van der Waals surface area contributed by atoms with Crippen LogP contribution in [-0.4, -0.2) is 24.1 Å². The molecule has 0 radical (unpaired) electrons. The number of hydrogen-bond donors (Lipinski definition) is 1. The van der Waals surface area contributed by atoms with Crippen LogP contribution in [0.25, 0.3) is 0 Å². The van der Waals surface area contributed by atoms with Crippen molar-refractivity contribution >= 4 is 22.6 Å². The number of para-hydroxylation sites is 1. The molecule has 1 heterocycles. The maximum absolute atomic E-state index is 5.19. The van der Waals surface area contributed by atoms with Crippen molar-refractivity contribution < 1.29 is 4.74 Å². The zero-order valence-corrected chi connectivity index (χ0v) is 11.1. The molecular formula is C13H18N2OS. The molecule has 0 bridgehead atoms. The van der Waals surface area contributed by atoms with E-state index in [-0.39, 0.29) is 0 Å². The van der Waals surface area contributed by atoms with Gasteiger partial charge in [-0.15, -0.1) is 0 Å². The van der Waals surface area contributed by atoms with Gasteiger partial charge in [-0.25, -0.2) is 0 Å². The molecule has 4 heteroatoms. The maximum Gasteiger partial charge on any atom is 0.161 e. The van der Waals surface area contributed by atoms with E-state index in [4.69, 9.17) is 4.74 Å². The van der Waals surface area contributed by atoms with Crippen molar-refractivity contribution in [1.82, 2.24) is 0 Å². The molecule has 1 aliphatic rings. The summed E-state index contributed by atoms with van der Waals surface area (Å²) in [6.07, 6.45) is 1.17. The third-order valence-corrected chi connectivity index (χ3v) is 4.00. The fraction of sp³-hybridized carbons (Fsp3) is 0.462. The molecule has 1 unspecified atom stereocenters. The molecule has 17 heavy (non-hydrogen) atoms. The van der Waals surface area contributed by atoms with Crippen molar-refractivity contribution in [2.45, 2.75) is 25.2 Å². The number of hydrogen-bond acceptors (Lipinski definition) is 4. The second kappa shape index (κ2) is 6.07. The van der Waals surface area contributed by atoms with Gasteiger partial charge in [-0.05, 0) is 12.5 Å². The second-order valence-electron chi connectivity index (χ2n) is 4.01. The van der Waals surface area contributed by atoms with Gasteiger partial charge in [-0.2, -0.15) is 0 Å². The molecule has 0 aliphatic carbocycles. The van der Waals surface area contributed by atoms with E-state index in [1.54, 1.807) is 7.11 Å². The van der Waals surface area contributed by atoms with E-state index >= 15 is 0 Å². The Morgan fingerprint density at radius 2 is 2.29 bits per heavy atom. The van der Waals surface area contributed by atoms with E-state index in [9.17, 15) is 0 Å². The number of ether oxygens (including phenoxy) is 1. The second-order valence-corrected chi connectivity index (χ2v) is 5.30. The van der Waals surface area contributed by atoms with Gasteiger partial charge in [0.25, 0.3) is 0 Å². The fourth-order valence-electron chi connectivity index (χ4n) is 1.74. The topological polar surface area (TPSA) is 33.6 Å². The monoisotopic (exact) mass is 250 g/mol. The van der Waals surface area contributed by atoms with E-state index in [0.29, 0.717) is 11.9 Å². The average Bonchev–Trinajstić information content (AvgIpc) is 2.80. The highest BCUT2D eigenvalue weighted by Crippen LogP contribution is 2.26. The molecule has 92 valence electrons. The summed E-state index contributed by atoms with van der Waals surface area (Å²) < 4.78 is 5.19. The summed E-state index contributed by atoms with van der Waals surface area (Å²) in [5.41, 5.74) is 2.26. The number of amidine groups is 1. The number of aliphatic imine (C=N–C) groups is 1. The number of anilines is 1. The lowest BCUT2D eigenvalue weighted by atomic mass is 10.2. The van der Waals surface area contributed by atoms with Gasteiger partial charge in [0, 0.05) is 23.6 Å². The minimum atomic E-state index is 0.623. The highest BCUT2D eigenvalue weighted by atomic mass is 32.2. The number of nitrogens with zero attached hydrogens (tertiary/aromatic N) is 1. The highest BCUT2D eigenvalue weighted by molar-refractivity contribution is 8.15. The first-order valence-electron chi connectivity index (χ1n) is 5.88. The minimum absolute atomic E-state index is 0.623. The van der Waals surface area contributed by atoms with Gasteiger partial charge in [0.1, 0.15) is 0 Å². The number of thioether (sulfide) groups is 1. The first kappa shape index (κ1) is 12.5. The number of methoxy groups -OCH3 is 1. The molecule has 1 N–H and O–H groups in total. The molecule has 0 saturated carbocycles. The van der Waals surface area contributed by atoms with Crippen LogP contribution in [0.5, 0.6) is 0 Å².